The van der Waals surface area contributed by atoms with Gasteiger partial charge in [-0.1, -0.05) is 37.8 Å². The van der Waals surface area contributed by atoms with E-state index in [0.29, 0.717) is 12.3 Å². The molecule has 0 aromatic heterocycles. The number of hydrogen-bond acceptors (Lipinski definition) is 2. The standard InChI is InChI=1S/C14H18F4N2/c15-13-10(6-3-7-11(13)14(16,17)18)12(20-19)8-9-4-1-2-5-9/h3,6-7,9,12,20H,1-2,4-5,8,19H2. The molecule has 2 rings (SSSR count). The van der Waals surface area contributed by atoms with E-state index in [2.05, 4.69) is 5.43 Å². The zero-order chi connectivity index (χ0) is 14.8. The highest BCUT2D eigenvalue weighted by Crippen LogP contribution is 2.37. The summed E-state index contributed by atoms with van der Waals surface area (Å²) in [6.07, 6.45) is 0.166. The lowest BCUT2D eigenvalue weighted by Crippen LogP contribution is -2.30. The van der Waals surface area contributed by atoms with E-state index in [1.165, 1.54) is 12.1 Å². The molecule has 0 amide bonds. The Morgan fingerprint density at radius 1 is 1.25 bits per heavy atom. The minimum absolute atomic E-state index is 0.00535. The number of alkyl halides is 3. The highest BCUT2D eigenvalue weighted by molar-refractivity contribution is 5.30. The van der Waals surface area contributed by atoms with E-state index < -0.39 is 23.6 Å². The van der Waals surface area contributed by atoms with Crippen LogP contribution in [0.25, 0.3) is 0 Å². The molecule has 20 heavy (non-hydrogen) atoms. The molecule has 1 unspecified atom stereocenters. The monoisotopic (exact) mass is 290 g/mol. The van der Waals surface area contributed by atoms with Gasteiger partial charge in [0.05, 0.1) is 5.56 Å². The molecule has 6 heteroatoms. The number of nitrogens with two attached hydrogens (primary N) is 1. The van der Waals surface area contributed by atoms with Gasteiger partial charge >= 0.3 is 6.18 Å². The zero-order valence-electron chi connectivity index (χ0n) is 11.0. The third-order valence-electron chi connectivity index (χ3n) is 3.95. The summed E-state index contributed by atoms with van der Waals surface area (Å²) in [6.45, 7) is 0. The number of rotatable bonds is 4. The van der Waals surface area contributed by atoms with Crippen LogP contribution in [0.2, 0.25) is 0 Å². The first-order valence-electron chi connectivity index (χ1n) is 6.75. The maximum atomic E-state index is 14.1. The molecule has 0 saturated heterocycles. The highest BCUT2D eigenvalue weighted by atomic mass is 19.4. The molecule has 1 aromatic rings. The molecule has 0 heterocycles. The first kappa shape index (κ1) is 15.3. The fourth-order valence-electron chi connectivity index (χ4n) is 2.90. The van der Waals surface area contributed by atoms with Gasteiger partial charge in [0.25, 0.3) is 0 Å². The topological polar surface area (TPSA) is 38.0 Å². The molecule has 2 nitrogen and oxygen atoms in total. The molecule has 1 atom stereocenters. The molecule has 1 aliphatic carbocycles. The van der Waals surface area contributed by atoms with Gasteiger partial charge in [-0.2, -0.15) is 13.2 Å². The van der Waals surface area contributed by atoms with Gasteiger partial charge in [-0.3, -0.25) is 11.3 Å². The summed E-state index contributed by atoms with van der Waals surface area (Å²) in [5.41, 5.74) is 1.22. The van der Waals surface area contributed by atoms with E-state index in [-0.39, 0.29) is 5.56 Å². The van der Waals surface area contributed by atoms with Crippen molar-refractivity contribution >= 4 is 0 Å². The van der Waals surface area contributed by atoms with Crippen molar-refractivity contribution in [3.63, 3.8) is 0 Å². The summed E-state index contributed by atoms with van der Waals surface area (Å²) in [6, 6.07) is 2.76. The molecule has 1 aromatic carbocycles. The summed E-state index contributed by atoms with van der Waals surface area (Å²) >= 11 is 0. The van der Waals surface area contributed by atoms with E-state index in [9.17, 15) is 17.6 Å². The number of benzene rings is 1. The maximum Gasteiger partial charge on any atom is 0.419 e. The molecule has 0 spiro atoms. The maximum absolute atomic E-state index is 14.1. The average molecular weight is 290 g/mol. The van der Waals surface area contributed by atoms with Crippen LogP contribution in [-0.4, -0.2) is 0 Å². The van der Waals surface area contributed by atoms with Crippen molar-refractivity contribution in [2.24, 2.45) is 11.8 Å². The van der Waals surface area contributed by atoms with Crippen molar-refractivity contribution in [1.82, 2.24) is 5.43 Å². The lowest BCUT2D eigenvalue weighted by atomic mass is 9.92. The molecule has 0 bridgehead atoms. The second-order valence-corrected chi connectivity index (χ2v) is 5.31. The third-order valence-corrected chi connectivity index (χ3v) is 3.95. The fourth-order valence-corrected chi connectivity index (χ4v) is 2.90. The predicted molar refractivity (Wildman–Crippen MR) is 68.0 cm³/mol. The van der Waals surface area contributed by atoms with Crippen LogP contribution >= 0.6 is 0 Å². The molecule has 1 saturated carbocycles. The van der Waals surface area contributed by atoms with Gasteiger partial charge < -0.3 is 0 Å². The SMILES string of the molecule is NNC(CC1CCCC1)c1cccc(C(F)(F)F)c1F. The van der Waals surface area contributed by atoms with E-state index in [1.807, 2.05) is 0 Å². The van der Waals surface area contributed by atoms with Crippen molar-refractivity contribution in [1.29, 1.82) is 0 Å². The summed E-state index contributed by atoms with van der Waals surface area (Å²) in [7, 11) is 0. The normalized spacial score (nSPS) is 18.4. The van der Waals surface area contributed by atoms with Gasteiger partial charge in [-0.25, -0.2) is 4.39 Å². The van der Waals surface area contributed by atoms with Crippen molar-refractivity contribution in [3.8, 4) is 0 Å². The van der Waals surface area contributed by atoms with Crippen LogP contribution < -0.4 is 11.3 Å². The van der Waals surface area contributed by atoms with Gasteiger partial charge in [0.1, 0.15) is 5.82 Å². The molecular formula is C14H18F4N2. The van der Waals surface area contributed by atoms with Crippen LogP contribution in [0.3, 0.4) is 0 Å². The Morgan fingerprint density at radius 3 is 2.45 bits per heavy atom. The molecule has 1 aliphatic rings. The van der Waals surface area contributed by atoms with Gasteiger partial charge in [-0.15, -0.1) is 0 Å². The second kappa shape index (κ2) is 6.10. The van der Waals surface area contributed by atoms with Crippen LogP contribution in [-0.2, 0) is 6.18 Å². The Morgan fingerprint density at radius 2 is 1.90 bits per heavy atom. The molecule has 3 N–H and O–H groups in total. The largest absolute Gasteiger partial charge is 0.419 e. The van der Waals surface area contributed by atoms with E-state index in [0.717, 1.165) is 31.7 Å². The Hall–Kier alpha value is -1.14. The fraction of sp³-hybridized carbons (Fsp3) is 0.571. The minimum atomic E-state index is -4.69. The molecular weight excluding hydrogens is 272 g/mol. The Bertz CT molecular complexity index is 453. The Labute approximate surface area is 115 Å². The van der Waals surface area contributed by atoms with Crippen LogP contribution in [0.1, 0.15) is 49.3 Å². The summed E-state index contributed by atoms with van der Waals surface area (Å²) in [4.78, 5) is 0. The van der Waals surface area contributed by atoms with Gasteiger partial charge in [0, 0.05) is 11.6 Å². The lowest BCUT2D eigenvalue weighted by Gasteiger charge is -2.22. The van der Waals surface area contributed by atoms with Gasteiger partial charge in [-0.05, 0) is 18.4 Å². The number of nitrogens with one attached hydrogen (secondary N) is 1. The van der Waals surface area contributed by atoms with Crippen molar-refractivity contribution in [2.45, 2.75) is 44.3 Å². The Kier molecular flexibility index (Phi) is 4.65. The summed E-state index contributed by atoms with van der Waals surface area (Å²) in [5.74, 6) is 4.59. The lowest BCUT2D eigenvalue weighted by molar-refractivity contribution is -0.140. The predicted octanol–water partition coefficient (Wildman–Crippen LogP) is 3.93. The summed E-state index contributed by atoms with van der Waals surface area (Å²) < 4.78 is 52.2. The van der Waals surface area contributed by atoms with Crippen LogP contribution in [0, 0.1) is 11.7 Å². The summed E-state index contributed by atoms with van der Waals surface area (Å²) in [5, 5.41) is 0. The van der Waals surface area contributed by atoms with Crippen LogP contribution in [0.5, 0.6) is 0 Å². The van der Waals surface area contributed by atoms with Crippen LogP contribution in [0.4, 0.5) is 17.6 Å². The highest BCUT2D eigenvalue weighted by Gasteiger charge is 2.36. The number of hydrogen-bond donors (Lipinski definition) is 2. The zero-order valence-corrected chi connectivity index (χ0v) is 11.0. The smallest absolute Gasteiger partial charge is 0.271 e. The van der Waals surface area contributed by atoms with Crippen molar-refractivity contribution in [3.05, 3.63) is 35.1 Å². The number of halogens is 4. The minimum Gasteiger partial charge on any atom is -0.271 e. The third kappa shape index (κ3) is 3.30. The van der Waals surface area contributed by atoms with E-state index >= 15 is 0 Å². The number of hydrazine groups is 1. The van der Waals surface area contributed by atoms with Gasteiger partial charge in [0.2, 0.25) is 0 Å². The van der Waals surface area contributed by atoms with Gasteiger partial charge in [0.15, 0.2) is 0 Å². The van der Waals surface area contributed by atoms with Crippen molar-refractivity contribution in [2.75, 3.05) is 0 Å². The van der Waals surface area contributed by atoms with Crippen LogP contribution in [0.15, 0.2) is 18.2 Å². The molecule has 0 radical (unpaired) electrons. The Balaban J connectivity index is 2.25. The first-order chi connectivity index (χ1) is 9.43. The van der Waals surface area contributed by atoms with E-state index in [1.54, 1.807) is 0 Å². The quantitative estimate of drug-likeness (QED) is 0.501. The van der Waals surface area contributed by atoms with Crippen molar-refractivity contribution < 1.29 is 17.6 Å². The molecule has 0 aliphatic heterocycles. The first-order valence-corrected chi connectivity index (χ1v) is 6.75. The molecule has 1 fully saturated rings. The average Bonchev–Trinajstić information content (AvgIpc) is 2.88. The second-order valence-electron chi connectivity index (χ2n) is 5.31. The molecule has 112 valence electrons. The van der Waals surface area contributed by atoms with E-state index in [4.69, 9.17) is 5.84 Å².